The molecule has 0 heterocycles. The van der Waals surface area contributed by atoms with Crippen molar-refractivity contribution in [2.45, 2.75) is 90.1 Å². The van der Waals surface area contributed by atoms with Gasteiger partial charge in [-0.05, 0) is 51.3 Å². The highest BCUT2D eigenvalue weighted by atomic mass is 16.4. The Morgan fingerprint density at radius 2 is 1.73 bits per heavy atom. The number of carboxylic acid groups (broad SMARTS) is 1. The van der Waals surface area contributed by atoms with Crippen molar-refractivity contribution in [2.75, 3.05) is 13.1 Å². The molecule has 1 aliphatic carbocycles. The van der Waals surface area contributed by atoms with Crippen molar-refractivity contribution in [3.63, 3.8) is 0 Å². The van der Waals surface area contributed by atoms with Crippen molar-refractivity contribution in [3.8, 4) is 0 Å². The van der Waals surface area contributed by atoms with Crippen molar-refractivity contribution in [3.05, 3.63) is 24.3 Å². The molecule has 0 aromatic rings. The zero-order valence-corrected chi connectivity index (χ0v) is 18.8. The Hall–Kier alpha value is -1.50. The smallest absolute Gasteiger partial charge is 0.303 e. The van der Waals surface area contributed by atoms with Gasteiger partial charge in [0.25, 0.3) is 0 Å². The van der Waals surface area contributed by atoms with Crippen LogP contribution in [0.3, 0.4) is 0 Å². The number of carbonyl (C=O) groups excluding carboxylic acids is 1. The van der Waals surface area contributed by atoms with Gasteiger partial charge in [-0.15, -0.1) is 0 Å². The second-order valence-corrected chi connectivity index (χ2v) is 8.02. The minimum Gasteiger partial charge on any atom is -0.481 e. The van der Waals surface area contributed by atoms with Crippen LogP contribution in [-0.2, 0) is 9.59 Å². The molecule has 0 fully saturated rings. The summed E-state index contributed by atoms with van der Waals surface area (Å²) in [4.78, 5) is 22.4. The summed E-state index contributed by atoms with van der Waals surface area (Å²) in [5.41, 5.74) is 10.3. The second kappa shape index (κ2) is 19.5. The van der Waals surface area contributed by atoms with Crippen LogP contribution >= 0.6 is 0 Å². The van der Waals surface area contributed by atoms with Crippen molar-refractivity contribution in [2.24, 2.45) is 23.3 Å². The first-order chi connectivity index (χ1) is 14.5. The Morgan fingerprint density at radius 1 is 1.07 bits per heavy atom. The van der Waals surface area contributed by atoms with E-state index in [2.05, 4.69) is 6.92 Å². The van der Waals surface area contributed by atoms with E-state index in [4.69, 9.17) is 16.6 Å². The van der Waals surface area contributed by atoms with Crippen molar-refractivity contribution >= 4 is 11.8 Å². The first kappa shape index (κ1) is 28.5. The van der Waals surface area contributed by atoms with Crippen molar-refractivity contribution in [1.29, 1.82) is 0 Å². The number of aliphatic carboxylic acids is 1. The van der Waals surface area contributed by atoms with E-state index >= 15 is 0 Å². The van der Waals surface area contributed by atoms with Gasteiger partial charge < -0.3 is 21.7 Å². The average Bonchev–Trinajstić information content (AvgIpc) is 3.07. The topological polar surface area (TPSA) is 127 Å². The quantitative estimate of drug-likeness (QED) is 0.219. The van der Waals surface area contributed by atoms with E-state index in [1.165, 1.54) is 0 Å². The van der Waals surface area contributed by atoms with Gasteiger partial charge >= 0.3 is 5.97 Å². The Morgan fingerprint density at radius 3 is 2.33 bits per heavy atom. The summed E-state index contributed by atoms with van der Waals surface area (Å²) < 4.78 is 0. The fraction of sp³-hybridized carbons (Fsp3) is 0.750. The van der Waals surface area contributed by atoms with Crippen molar-refractivity contribution in [1.82, 2.24) is 0 Å². The van der Waals surface area contributed by atoms with E-state index in [-0.39, 0.29) is 24.0 Å². The van der Waals surface area contributed by atoms with Gasteiger partial charge in [0, 0.05) is 18.3 Å². The Kier molecular flexibility index (Phi) is 18.5. The average molecular weight is 425 g/mol. The van der Waals surface area contributed by atoms with Crippen LogP contribution in [-0.4, -0.2) is 41.2 Å². The molecule has 0 saturated heterocycles. The van der Waals surface area contributed by atoms with Crippen LogP contribution < -0.4 is 11.5 Å². The third-order valence-corrected chi connectivity index (χ3v) is 5.29. The summed E-state index contributed by atoms with van der Waals surface area (Å²) in [6, 6.07) is 0. The number of hydrogen-bond acceptors (Lipinski definition) is 5. The van der Waals surface area contributed by atoms with E-state index in [1.807, 2.05) is 18.2 Å². The van der Waals surface area contributed by atoms with Crippen molar-refractivity contribution < 1.29 is 19.8 Å². The van der Waals surface area contributed by atoms with E-state index in [1.54, 1.807) is 6.08 Å². The molecule has 0 spiro atoms. The number of unbranched alkanes of at least 4 members (excludes halogenated alkanes) is 6. The summed E-state index contributed by atoms with van der Waals surface area (Å²) in [5.74, 6) is -0.482. The number of nitrogens with two attached hydrogens (primary N) is 2. The molecule has 0 amide bonds. The maximum absolute atomic E-state index is 12.0. The van der Waals surface area contributed by atoms with Gasteiger partial charge in [0.2, 0.25) is 0 Å². The lowest BCUT2D eigenvalue weighted by Crippen LogP contribution is -2.15. The summed E-state index contributed by atoms with van der Waals surface area (Å²) in [6.07, 6.45) is 17.8. The number of aliphatic hydroxyl groups is 1. The lowest BCUT2D eigenvalue weighted by Gasteiger charge is -2.15. The minimum absolute atomic E-state index is 0.0106. The normalized spacial score (nSPS) is 19.1. The molecule has 0 saturated carbocycles. The molecule has 6 N–H and O–H groups in total. The van der Waals surface area contributed by atoms with Gasteiger partial charge in [-0.1, -0.05) is 63.7 Å². The molecule has 6 heteroatoms. The standard InChI is InChI=1S/C20H32O4.C4H12N2/c1-2-3-6-9-17(21)14-12-16-13-15-19(22)18(16)10-7-4-5-8-11-20(23)24;5-3-1-2-4-6/h12-18,21H,2-11H2,1H3,(H,23,24);1-6H2/t16-,17-,18+;/m0./s1. The number of carbonyl (C=O) groups is 2. The Balaban J connectivity index is 0.00000122. The number of allylic oxidation sites excluding steroid dienone is 3. The molecule has 3 atom stereocenters. The van der Waals surface area contributed by atoms with E-state index in [9.17, 15) is 14.7 Å². The third kappa shape index (κ3) is 15.4. The fourth-order valence-electron chi connectivity index (χ4n) is 3.43. The Bertz CT molecular complexity index is 501. The molecule has 6 nitrogen and oxygen atoms in total. The summed E-state index contributed by atoms with van der Waals surface area (Å²) in [7, 11) is 0. The lowest BCUT2D eigenvalue weighted by molar-refractivity contribution is -0.137. The number of ketones is 1. The van der Waals surface area contributed by atoms with Gasteiger partial charge in [-0.25, -0.2) is 0 Å². The molecule has 1 aliphatic rings. The van der Waals surface area contributed by atoms with Crippen LogP contribution in [0.4, 0.5) is 0 Å². The first-order valence-electron chi connectivity index (χ1n) is 11.7. The van der Waals surface area contributed by atoms with Gasteiger partial charge in [-0.3, -0.25) is 9.59 Å². The third-order valence-electron chi connectivity index (χ3n) is 5.29. The molecule has 30 heavy (non-hydrogen) atoms. The second-order valence-electron chi connectivity index (χ2n) is 8.02. The number of aliphatic hydroxyl groups excluding tert-OH is 1. The Labute approximate surface area is 182 Å². The van der Waals surface area contributed by atoms with Crippen LogP contribution in [0.1, 0.15) is 84.0 Å². The molecule has 0 unspecified atom stereocenters. The molecule has 1 rings (SSSR count). The highest BCUT2D eigenvalue weighted by Crippen LogP contribution is 2.29. The van der Waals surface area contributed by atoms with Crippen LogP contribution in [0.15, 0.2) is 24.3 Å². The van der Waals surface area contributed by atoms with Gasteiger partial charge in [0.15, 0.2) is 5.78 Å². The number of carboxylic acids is 1. The molecule has 0 aromatic heterocycles. The van der Waals surface area contributed by atoms with Gasteiger partial charge in [0.1, 0.15) is 0 Å². The van der Waals surface area contributed by atoms with Crippen LogP contribution in [0.2, 0.25) is 0 Å². The summed E-state index contributed by atoms with van der Waals surface area (Å²) in [6.45, 7) is 3.69. The predicted molar refractivity (Wildman–Crippen MR) is 123 cm³/mol. The van der Waals surface area contributed by atoms with E-state index < -0.39 is 12.1 Å². The zero-order valence-electron chi connectivity index (χ0n) is 18.8. The largest absolute Gasteiger partial charge is 0.481 e. The van der Waals surface area contributed by atoms with Crippen LogP contribution in [0.5, 0.6) is 0 Å². The predicted octanol–water partition coefficient (Wildman–Crippen LogP) is 3.96. The molecular formula is C24H44N2O4. The SMILES string of the molecule is CCCCC[C@H](O)C=C[C@H]1C=CC(=O)[C@@H]1CCCCCCC(=O)O.NCCCCN. The summed E-state index contributed by atoms with van der Waals surface area (Å²) >= 11 is 0. The highest BCUT2D eigenvalue weighted by molar-refractivity contribution is 5.94. The molecule has 0 aliphatic heterocycles. The molecule has 0 bridgehead atoms. The van der Waals surface area contributed by atoms with Gasteiger partial charge in [-0.2, -0.15) is 0 Å². The van der Waals surface area contributed by atoms with Crippen LogP contribution in [0, 0.1) is 11.8 Å². The van der Waals surface area contributed by atoms with Crippen LogP contribution in [0.25, 0.3) is 0 Å². The van der Waals surface area contributed by atoms with E-state index in [0.29, 0.717) is 6.42 Å². The monoisotopic (exact) mass is 424 g/mol. The lowest BCUT2D eigenvalue weighted by atomic mass is 9.88. The molecular weight excluding hydrogens is 380 g/mol. The van der Waals surface area contributed by atoms with E-state index in [0.717, 1.165) is 77.3 Å². The molecule has 174 valence electrons. The maximum Gasteiger partial charge on any atom is 0.303 e. The van der Waals surface area contributed by atoms with Gasteiger partial charge in [0.05, 0.1) is 6.10 Å². The maximum atomic E-state index is 12.0. The first-order valence-corrected chi connectivity index (χ1v) is 11.7. The minimum atomic E-state index is -0.743. The number of hydrogen-bond donors (Lipinski definition) is 4. The highest BCUT2D eigenvalue weighted by Gasteiger charge is 2.27. The summed E-state index contributed by atoms with van der Waals surface area (Å²) in [5, 5.41) is 18.6. The fourth-order valence-corrected chi connectivity index (χ4v) is 3.43. The molecule has 0 aromatic carbocycles. The zero-order chi connectivity index (χ0) is 22.6. The number of rotatable bonds is 16. The molecule has 0 radical (unpaired) electrons.